The first kappa shape index (κ1) is 32.5. The van der Waals surface area contributed by atoms with E-state index in [-0.39, 0.29) is 25.9 Å². The lowest BCUT2D eigenvalue weighted by Crippen LogP contribution is -2.69. The van der Waals surface area contributed by atoms with Crippen LogP contribution in [0.15, 0.2) is 0 Å². The Morgan fingerprint density at radius 3 is 1.27 bits per heavy atom. The van der Waals surface area contributed by atoms with Crippen LogP contribution in [0.1, 0.15) is 27.2 Å². The highest BCUT2D eigenvalue weighted by Crippen LogP contribution is 2.62. The van der Waals surface area contributed by atoms with Crippen molar-refractivity contribution in [2.24, 2.45) is 0 Å². The second kappa shape index (κ2) is 11.1. The van der Waals surface area contributed by atoms with Crippen molar-refractivity contribution in [2.75, 3.05) is 25.6 Å². The molecule has 33 heavy (non-hydrogen) atoms. The van der Waals surface area contributed by atoms with Crippen LogP contribution in [-0.2, 0) is 13.3 Å². The SMILES string of the molecule is CCO[Si](CCCSC(F)(F)C(F)(F)C(F)(F)C(F)(F)C(F)(F)C(F)(F)F)(OCC)OCC. The van der Waals surface area contributed by atoms with E-state index in [4.69, 9.17) is 13.3 Å². The number of thioether (sulfide) groups is 1. The Balaban J connectivity index is 5.63. The summed E-state index contributed by atoms with van der Waals surface area (Å²) in [6.45, 7) is 4.64. The summed E-state index contributed by atoms with van der Waals surface area (Å²) in [6.07, 6.45) is -7.95. The summed E-state index contributed by atoms with van der Waals surface area (Å²) in [4.78, 5) is 0. The molecule has 0 spiro atoms. The second-order valence-electron chi connectivity index (χ2n) is 6.25. The minimum absolute atomic E-state index is 0.0301. The normalized spacial score (nSPS) is 15.3. The van der Waals surface area contributed by atoms with Crippen molar-refractivity contribution in [3.05, 3.63) is 0 Å². The monoisotopic (exact) mass is 556 g/mol. The molecule has 0 aromatic rings. The summed E-state index contributed by atoms with van der Waals surface area (Å²) in [7, 11) is -3.49. The number of halogens is 13. The largest absolute Gasteiger partial charge is 0.500 e. The van der Waals surface area contributed by atoms with Crippen molar-refractivity contribution < 1.29 is 70.4 Å². The molecule has 0 atom stereocenters. The lowest BCUT2D eigenvalue weighted by Gasteiger charge is -2.39. The van der Waals surface area contributed by atoms with Crippen LogP contribution in [0.5, 0.6) is 0 Å². The summed E-state index contributed by atoms with van der Waals surface area (Å²) < 4.78 is 186. The Morgan fingerprint density at radius 1 is 0.576 bits per heavy atom. The van der Waals surface area contributed by atoms with E-state index < -0.39 is 67.9 Å². The maximum Gasteiger partial charge on any atom is 0.500 e. The zero-order valence-corrected chi connectivity index (χ0v) is 19.1. The number of hydrogen-bond donors (Lipinski definition) is 0. The molecule has 0 bridgehead atoms. The highest BCUT2D eigenvalue weighted by atomic mass is 32.2. The van der Waals surface area contributed by atoms with E-state index in [9.17, 15) is 57.1 Å². The van der Waals surface area contributed by atoms with Gasteiger partial charge in [-0.1, -0.05) is 11.8 Å². The van der Waals surface area contributed by atoms with Gasteiger partial charge in [-0.3, -0.25) is 0 Å². The third-order valence-electron chi connectivity index (χ3n) is 3.91. The molecular formula is C15H21F13O3SSi. The maximum absolute atomic E-state index is 13.8. The maximum atomic E-state index is 13.8. The molecule has 0 rings (SSSR count). The van der Waals surface area contributed by atoms with Gasteiger partial charge < -0.3 is 13.3 Å². The molecule has 0 aromatic carbocycles. The summed E-state index contributed by atoms with van der Waals surface area (Å²) >= 11 is -1.33. The Kier molecular flexibility index (Phi) is 10.9. The van der Waals surface area contributed by atoms with Crippen LogP contribution in [0.4, 0.5) is 57.1 Å². The third kappa shape index (κ3) is 6.41. The van der Waals surface area contributed by atoms with E-state index in [1.807, 2.05) is 0 Å². The smallest absolute Gasteiger partial charge is 0.374 e. The molecule has 0 amide bonds. The standard InChI is InChI=1S/C15H21F13O3SSi/c1-4-29-33(30-5-2,31-6-3)9-7-8-32-15(27,28)13(22,23)11(18,19)10(16,17)12(20,21)14(24,25)26/h4-9H2,1-3H3. The topological polar surface area (TPSA) is 27.7 Å². The first-order valence-electron chi connectivity index (χ1n) is 9.15. The molecule has 0 radical (unpaired) electrons. The van der Waals surface area contributed by atoms with Crippen molar-refractivity contribution in [1.82, 2.24) is 0 Å². The molecule has 0 aliphatic rings. The Labute approximate surface area is 185 Å². The molecule has 0 heterocycles. The summed E-state index contributed by atoms with van der Waals surface area (Å²) in [5.41, 5.74) is 0. The van der Waals surface area contributed by atoms with E-state index in [0.29, 0.717) is 0 Å². The van der Waals surface area contributed by atoms with E-state index in [1.165, 1.54) is 20.8 Å². The minimum Gasteiger partial charge on any atom is -0.374 e. The quantitative estimate of drug-likeness (QED) is 0.125. The van der Waals surface area contributed by atoms with Crippen molar-refractivity contribution in [3.8, 4) is 0 Å². The minimum atomic E-state index is -7.90. The summed E-state index contributed by atoms with van der Waals surface area (Å²) in [6, 6.07) is -0.296. The zero-order valence-electron chi connectivity index (χ0n) is 17.3. The molecule has 0 aliphatic heterocycles. The van der Waals surface area contributed by atoms with Crippen LogP contribution in [0.2, 0.25) is 6.04 Å². The molecule has 18 heteroatoms. The Morgan fingerprint density at radius 2 is 0.939 bits per heavy atom. The van der Waals surface area contributed by atoms with Gasteiger partial charge in [0.05, 0.1) is 0 Å². The van der Waals surface area contributed by atoms with Crippen molar-refractivity contribution in [1.29, 1.82) is 0 Å². The van der Waals surface area contributed by atoms with Crippen LogP contribution >= 0.6 is 11.8 Å². The predicted octanol–water partition coefficient (Wildman–Crippen LogP) is 6.85. The second-order valence-corrected chi connectivity index (χ2v) is 10.2. The first-order chi connectivity index (χ1) is 14.6. The molecular weight excluding hydrogens is 535 g/mol. The molecule has 0 fully saturated rings. The lowest BCUT2D eigenvalue weighted by atomic mass is 9.98. The number of rotatable bonds is 15. The average Bonchev–Trinajstić information content (AvgIpc) is 2.64. The molecule has 0 unspecified atom stereocenters. The van der Waals surface area contributed by atoms with Gasteiger partial charge >= 0.3 is 43.9 Å². The average molecular weight is 556 g/mol. The van der Waals surface area contributed by atoms with E-state index >= 15 is 0 Å². The fourth-order valence-electron chi connectivity index (χ4n) is 2.34. The van der Waals surface area contributed by atoms with Gasteiger partial charge in [0.25, 0.3) is 0 Å². The van der Waals surface area contributed by atoms with Crippen LogP contribution in [0, 0.1) is 0 Å². The van der Waals surface area contributed by atoms with Crippen LogP contribution < -0.4 is 0 Å². The van der Waals surface area contributed by atoms with Gasteiger partial charge in [-0.05, 0) is 32.9 Å². The van der Waals surface area contributed by atoms with Crippen molar-refractivity contribution in [2.45, 2.75) is 68.4 Å². The van der Waals surface area contributed by atoms with Crippen molar-refractivity contribution >= 4 is 20.6 Å². The van der Waals surface area contributed by atoms with Crippen LogP contribution in [0.3, 0.4) is 0 Å². The third-order valence-corrected chi connectivity index (χ3v) is 8.17. The molecule has 200 valence electrons. The van der Waals surface area contributed by atoms with Gasteiger partial charge in [-0.25, -0.2) is 0 Å². The fraction of sp³-hybridized carbons (Fsp3) is 1.00. The number of hydrogen-bond acceptors (Lipinski definition) is 4. The molecule has 3 nitrogen and oxygen atoms in total. The van der Waals surface area contributed by atoms with Gasteiger partial charge in [-0.15, -0.1) is 0 Å². The van der Waals surface area contributed by atoms with Crippen LogP contribution in [-0.4, -0.2) is 69.5 Å². The van der Waals surface area contributed by atoms with Gasteiger partial charge in [-0.2, -0.15) is 57.1 Å². The molecule has 0 saturated heterocycles. The van der Waals surface area contributed by atoms with E-state index in [1.54, 1.807) is 0 Å². The van der Waals surface area contributed by atoms with E-state index in [0.717, 1.165) is 0 Å². The van der Waals surface area contributed by atoms with Gasteiger partial charge in [0.2, 0.25) is 0 Å². The first-order valence-corrected chi connectivity index (χ1v) is 12.1. The van der Waals surface area contributed by atoms with Gasteiger partial charge in [0, 0.05) is 25.9 Å². The molecule has 0 aliphatic carbocycles. The highest BCUT2D eigenvalue weighted by molar-refractivity contribution is 8.00. The molecule has 0 N–H and O–H groups in total. The summed E-state index contributed by atoms with van der Waals surface area (Å²) in [5, 5.41) is -6.16. The number of alkyl halides is 13. The Hall–Kier alpha value is -0.463. The fourth-order valence-corrected chi connectivity index (χ4v) is 6.06. The predicted molar refractivity (Wildman–Crippen MR) is 93.3 cm³/mol. The molecule has 0 saturated carbocycles. The van der Waals surface area contributed by atoms with Crippen LogP contribution in [0.25, 0.3) is 0 Å². The molecule has 0 aromatic heterocycles. The van der Waals surface area contributed by atoms with Crippen molar-refractivity contribution in [3.63, 3.8) is 0 Å². The van der Waals surface area contributed by atoms with Gasteiger partial charge in [0.1, 0.15) is 0 Å². The Bertz CT molecular complexity index is 599. The van der Waals surface area contributed by atoms with E-state index in [2.05, 4.69) is 0 Å². The highest BCUT2D eigenvalue weighted by Gasteiger charge is 2.90. The lowest BCUT2D eigenvalue weighted by molar-refractivity contribution is -0.433. The zero-order chi connectivity index (χ0) is 26.6. The van der Waals surface area contributed by atoms with Gasteiger partial charge in [0.15, 0.2) is 0 Å². The summed E-state index contributed by atoms with van der Waals surface area (Å²) in [5.74, 6) is -31.8.